The van der Waals surface area contributed by atoms with E-state index in [2.05, 4.69) is 66.0 Å². The first-order valence-electron chi connectivity index (χ1n) is 7.37. The second-order valence-corrected chi connectivity index (χ2v) is 6.02. The lowest BCUT2D eigenvalue weighted by Gasteiger charge is -2.05. The van der Waals surface area contributed by atoms with Gasteiger partial charge < -0.3 is 5.32 Å². The van der Waals surface area contributed by atoms with E-state index in [1.54, 1.807) is 0 Å². The lowest BCUT2D eigenvalue weighted by molar-refractivity contribution is 0.642. The molecule has 0 atom stereocenters. The fraction of sp³-hybridized carbons (Fsp3) is 0.333. The van der Waals surface area contributed by atoms with Gasteiger partial charge in [-0.15, -0.1) is 11.8 Å². The average molecular weight is 285 g/mol. The minimum Gasteiger partial charge on any atom is -0.317 e. The number of rotatable bonds is 9. The molecule has 0 aliphatic carbocycles. The minimum absolute atomic E-state index is 1.12. The van der Waals surface area contributed by atoms with Gasteiger partial charge in [-0.05, 0) is 55.8 Å². The summed E-state index contributed by atoms with van der Waals surface area (Å²) < 4.78 is 0. The van der Waals surface area contributed by atoms with Crippen molar-refractivity contribution in [1.29, 1.82) is 0 Å². The molecule has 0 saturated heterocycles. The van der Waals surface area contributed by atoms with Crippen molar-refractivity contribution in [2.75, 3.05) is 18.8 Å². The predicted octanol–water partition coefficient (Wildman–Crippen LogP) is 4.39. The van der Waals surface area contributed by atoms with Crippen LogP contribution >= 0.6 is 11.8 Å². The molecule has 0 aromatic heterocycles. The smallest absolute Gasteiger partial charge is 0.00719 e. The standard InChI is InChI=1S/C18H23NS/c1-3-9-17(10-4-1)11-7-14-19-15-8-16-20-18-12-5-2-6-13-18/h1-6,9-10,12-13,19H,7-8,11,14-16H2. The van der Waals surface area contributed by atoms with Crippen LogP contribution in [0.1, 0.15) is 18.4 Å². The molecular formula is C18H23NS. The van der Waals surface area contributed by atoms with Crippen LogP contribution in [-0.2, 0) is 6.42 Å². The van der Waals surface area contributed by atoms with Crippen LogP contribution in [0.25, 0.3) is 0 Å². The van der Waals surface area contributed by atoms with Crippen molar-refractivity contribution in [3.05, 3.63) is 66.2 Å². The van der Waals surface area contributed by atoms with Gasteiger partial charge in [-0.1, -0.05) is 48.5 Å². The molecule has 2 heteroatoms. The topological polar surface area (TPSA) is 12.0 Å². The Hall–Kier alpha value is -1.25. The molecule has 1 N–H and O–H groups in total. The average Bonchev–Trinajstić information content (AvgIpc) is 2.52. The first-order chi connectivity index (χ1) is 9.95. The van der Waals surface area contributed by atoms with Crippen molar-refractivity contribution in [3.8, 4) is 0 Å². The molecule has 0 radical (unpaired) electrons. The molecule has 0 aliphatic rings. The summed E-state index contributed by atoms with van der Waals surface area (Å²) in [5.74, 6) is 1.19. The summed E-state index contributed by atoms with van der Waals surface area (Å²) in [6.07, 6.45) is 3.62. The van der Waals surface area contributed by atoms with E-state index in [1.807, 2.05) is 11.8 Å². The van der Waals surface area contributed by atoms with Crippen molar-refractivity contribution >= 4 is 11.8 Å². The predicted molar refractivity (Wildman–Crippen MR) is 89.4 cm³/mol. The quantitative estimate of drug-likeness (QED) is 0.541. The number of hydrogen-bond acceptors (Lipinski definition) is 2. The molecule has 0 amide bonds. The summed E-state index contributed by atoms with van der Waals surface area (Å²) in [6, 6.07) is 21.3. The van der Waals surface area contributed by atoms with E-state index in [0.717, 1.165) is 13.1 Å². The van der Waals surface area contributed by atoms with Gasteiger partial charge >= 0.3 is 0 Å². The lowest BCUT2D eigenvalue weighted by atomic mass is 10.1. The largest absolute Gasteiger partial charge is 0.317 e. The third kappa shape index (κ3) is 6.27. The van der Waals surface area contributed by atoms with E-state index < -0.39 is 0 Å². The van der Waals surface area contributed by atoms with Gasteiger partial charge in [0.1, 0.15) is 0 Å². The SMILES string of the molecule is c1ccc(CCCNCCCSc2ccccc2)cc1. The van der Waals surface area contributed by atoms with Crippen LogP contribution in [0.15, 0.2) is 65.6 Å². The van der Waals surface area contributed by atoms with Crippen molar-refractivity contribution in [1.82, 2.24) is 5.32 Å². The Balaban J connectivity index is 1.44. The van der Waals surface area contributed by atoms with Crippen LogP contribution in [0.4, 0.5) is 0 Å². The monoisotopic (exact) mass is 285 g/mol. The molecule has 0 spiro atoms. The third-order valence-corrected chi connectivity index (χ3v) is 4.27. The summed E-state index contributed by atoms with van der Waals surface area (Å²) in [7, 11) is 0. The lowest BCUT2D eigenvalue weighted by Crippen LogP contribution is -2.17. The molecule has 0 bridgehead atoms. The first kappa shape index (κ1) is 15.1. The molecule has 20 heavy (non-hydrogen) atoms. The minimum atomic E-state index is 1.12. The van der Waals surface area contributed by atoms with E-state index in [0.29, 0.717) is 0 Å². The Morgan fingerprint density at radius 1 is 0.750 bits per heavy atom. The number of aryl methyl sites for hydroxylation is 1. The highest BCUT2D eigenvalue weighted by atomic mass is 32.2. The van der Waals surface area contributed by atoms with Gasteiger partial charge in [0.25, 0.3) is 0 Å². The first-order valence-corrected chi connectivity index (χ1v) is 8.36. The number of thioether (sulfide) groups is 1. The zero-order valence-corrected chi connectivity index (χ0v) is 12.7. The summed E-state index contributed by atoms with van der Waals surface area (Å²) in [5.41, 5.74) is 1.44. The van der Waals surface area contributed by atoms with Gasteiger partial charge in [0.2, 0.25) is 0 Å². The Kier molecular flexibility index (Phi) is 7.29. The maximum absolute atomic E-state index is 3.53. The van der Waals surface area contributed by atoms with Crippen LogP contribution in [-0.4, -0.2) is 18.8 Å². The zero-order chi connectivity index (χ0) is 13.9. The molecule has 106 valence electrons. The molecule has 0 saturated carbocycles. The Morgan fingerprint density at radius 3 is 2.15 bits per heavy atom. The van der Waals surface area contributed by atoms with Crippen LogP contribution in [0, 0.1) is 0 Å². The van der Waals surface area contributed by atoms with Crippen LogP contribution in [0.5, 0.6) is 0 Å². The van der Waals surface area contributed by atoms with Crippen LogP contribution < -0.4 is 5.32 Å². The molecule has 0 heterocycles. The third-order valence-electron chi connectivity index (χ3n) is 3.17. The molecule has 2 aromatic carbocycles. The molecule has 0 unspecified atom stereocenters. The second kappa shape index (κ2) is 9.62. The number of nitrogens with one attached hydrogen (secondary N) is 1. The fourth-order valence-electron chi connectivity index (χ4n) is 2.09. The van der Waals surface area contributed by atoms with E-state index in [9.17, 15) is 0 Å². The number of hydrogen-bond donors (Lipinski definition) is 1. The van der Waals surface area contributed by atoms with Gasteiger partial charge in [-0.3, -0.25) is 0 Å². The highest BCUT2D eigenvalue weighted by Crippen LogP contribution is 2.17. The van der Waals surface area contributed by atoms with E-state index >= 15 is 0 Å². The molecular weight excluding hydrogens is 262 g/mol. The highest BCUT2D eigenvalue weighted by Gasteiger charge is 1.94. The molecule has 0 aliphatic heterocycles. The summed E-state index contributed by atoms with van der Waals surface area (Å²) in [5, 5.41) is 3.53. The van der Waals surface area contributed by atoms with Gasteiger partial charge in [-0.2, -0.15) is 0 Å². The Labute approximate surface area is 126 Å². The van der Waals surface area contributed by atoms with Crippen molar-refractivity contribution in [2.24, 2.45) is 0 Å². The van der Waals surface area contributed by atoms with Crippen LogP contribution in [0.3, 0.4) is 0 Å². The maximum Gasteiger partial charge on any atom is 0.00719 e. The molecule has 1 nitrogen and oxygen atoms in total. The van der Waals surface area contributed by atoms with E-state index in [4.69, 9.17) is 0 Å². The van der Waals surface area contributed by atoms with E-state index in [1.165, 1.54) is 35.5 Å². The van der Waals surface area contributed by atoms with Gasteiger partial charge in [-0.25, -0.2) is 0 Å². The summed E-state index contributed by atoms with van der Waals surface area (Å²) in [4.78, 5) is 1.37. The summed E-state index contributed by atoms with van der Waals surface area (Å²) in [6.45, 7) is 2.24. The van der Waals surface area contributed by atoms with Gasteiger partial charge in [0.15, 0.2) is 0 Å². The molecule has 2 rings (SSSR count). The normalized spacial score (nSPS) is 10.6. The zero-order valence-electron chi connectivity index (χ0n) is 11.9. The van der Waals surface area contributed by atoms with E-state index in [-0.39, 0.29) is 0 Å². The maximum atomic E-state index is 3.53. The fourth-order valence-corrected chi connectivity index (χ4v) is 2.97. The van der Waals surface area contributed by atoms with Gasteiger partial charge in [0, 0.05) is 4.90 Å². The second-order valence-electron chi connectivity index (χ2n) is 4.85. The van der Waals surface area contributed by atoms with Gasteiger partial charge in [0.05, 0.1) is 0 Å². The molecule has 0 fully saturated rings. The Morgan fingerprint density at radius 2 is 1.40 bits per heavy atom. The Bertz CT molecular complexity index is 410. The van der Waals surface area contributed by atoms with Crippen molar-refractivity contribution < 1.29 is 0 Å². The number of benzene rings is 2. The van der Waals surface area contributed by atoms with Crippen LogP contribution in [0.2, 0.25) is 0 Å². The molecule has 2 aromatic rings. The van der Waals surface area contributed by atoms with Crippen molar-refractivity contribution in [2.45, 2.75) is 24.2 Å². The highest BCUT2D eigenvalue weighted by molar-refractivity contribution is 7.99. The summed E-state index contributed by atoms with van der Waals surface area (Å²) >= 11 is 1.94. The van der Waals surface area contributed by atoms with Crippen molar-refractivity contribution in [3.63, 3.8) is 0 Å².